The summed E-state index contributed by atoms with van der Waals surface area (Å²) in [5.74, 6) is 3.13. The summed E-state index contributed by atoms with van der Waals surface area (Å²) in [5.41, 5.74) is 2.34. The fourth-order valence-corrected chi connectivity index (χ4v) is 5.40. The maximum absolute atomic E-state index is 11.6. The maximum Gasteiger partial charge on any atom is 0.290 e. The number of aryl methyl sites for hydroxylation is 1. The van der Waals surface area contributed by atoms with E-state index in [0.717, 1.165) is 51.0 Å². The van der Waals surface area contributed by atoms with E-state index >= 15 is 0 Å². The number of carbonyl (C=O) groups excluding carboxylic acids is 1. The van der Waals surface area contributed by atoms with Crippen LogP contribution in [0.25, 0.3) is 11.0 Å². The van der Waals surface area contributed by atoms with Crippen molar-refractivity contribution in [2.24, 2.45) is 17.8 Å². The van der Waals surface area contributed by atoms with Crippen LogP contribution in [0.5, 0.6) is 0 Å². The van der Waals surface area contributed by atoms with Gasteiger partial charge in [0.2, 0.25) is 5.91 Å². The molecule has 33 heavy (non-hydrogen) atoms. The number of para-hydroxylation sites is 2. The van der Waals surface area contributed by atoms with E-state index in [-0.39, 0.29) is 24.5 Å². The van der Waals surface area contributed by atoms with Crippen molar-refractivity contribution in [3.63, 3.8) is 0 Å². The highest BCUT2D eigenvalue weighted by atomic mass is 16.5. The van der Waals surface area contributed by atoms with Crippen LogP contribution in [0.2, 0.25) is 0 Å². The summed E-state index contributed by atoms with van der Waals surface area (Å²) in [6, 6.07) is 8.62. The number of hydrogen-bond acceptors (Lipinski definition) is 5. The van der Waals surface area contributed by atoms with Crippen LogP contribution in [-0.2, 0) is 27.4 Å². The average molecular weight is 459 g/mol. The summed E-state index contributed by atoms with van der Waals surface area (Å²) in [4.78, 5) is 27.5. The zero-order chi connectivity index (χ0) is 24.0. The van der Waals surface area contributed by atoms with Crippen LogP contribution in [0.4, 0.5) is 0 Å². The van der Waals surface area contributed by atoms with Crippen LogP contribution >= 0.6 is 0 Å². The summed E-state index contributed by atoms with van der Waals surface area (Å²) in [6.07, 6.45) is 3.30. The fraction of sp³-hybridized carbons (Fsp3) is 0.640. The Morgan fingerprint density at radius 2 is 1.94 bits per heavy atom. The molecule has 0 radical (unpaired) electrons. The zero-order valence-electron chi connectivity index (χ0n) is 20.2. The molecule has 182 valence electrons. The molecule has 8 heteroatoms. The molecule has 0 bridgehead atoms. The molecule has 0 spiro atoms. The predicted octanol–water partition coefficient (Wildman–Crippen LogP) is 3.14. The van der Waals surface area contributed by atoms with Crippen molar-refractivity contribution >= 4 is 23.4 Å². The minimum absolute atomic E-state index is 0.0363. The Kier molecular flexibility index (Phi) is 8.86. The fourth-order valence-electron chi connectivity index (χ4n) is 5.40. The Labute approximate surface area is 196 Å². The first-order chi connectivity index (χ1) is 15.9. The second-order valence-corrected chi connectivity index (χ2v) is 9.72. The lowest BCUT2D eigenvalue weighted by Gasteiger charge is -2.37. The SMILES string of the molecule is CO[C@@H]1C[C@H]2CN(Cc3nc4ccccc4n3CCC(C)C)C[C@H]2C[C@H]1NC(C)=O.O=CO. The molecule has 2 heterocycles. The van der Waals surface area contributed by atoms with Gasteiger partial charge < -0.3 is 19.7 Å². The third-order valence-corrected chi connectivity index (χ3v) is 6.91. The van der Waals surface area contributed by atoms with E-state index < -0.39 is 0 Å². The van der Waals surface area contributed by atoms with Gasteiger partial charge in [0.1, 0.15) is 5.82 Å². The Morgan fingerprint density at radius 3 is 2.58 bits per heavy atom. The minimum atomic E-state index is -0.250. The standard InChI is InChI=1S/C24H36N4O2.CH2O2/c1-16(2)9-10-28-22-8-6-5-7-20(22)26-24(28)15-27-13-18-11-21(25-17(3)29)23(30-4)12-19(18)14-27;2-1-3/h5-8,16,18-19,21,23H,9-15H2,1-4H3,(H,25,29);1H,(H,2,3)/t18-,19+,21-,23-;/m1./s1. The molecule has 2 N–H and O–H groups in total. The van der Waals surface area contributed by atoms with Gasteiger partial charge in [0.05, 0.1) is 29.7 Å². The molecule has 1 aromatic heterocycles. The Hall–Kier alpha value is -2.45. The van der Waals surface area contributed by atoms with Crippen LogP contribution < -0.4 is 5.32 Å². The first-order valence-electron chi connectivity index (χ1n) is 11.9. The molecule has 1 aromatic carbocycles. The average Bonchev–Trinajstić information content (AvgIpc) is 3.31. The Bertz CT molecular complexity index is 928. The number of nitrogens with zero attached hydrogens (tertiary/aromatic N) is 3. The van der Waals surface area contributed by atoms with Gasteiger partial charge in [-0.05, 0) is 49.1 Å². The van der Waals surface area contributed by atoms with Gasteiger partial charge in [-0.2, -0.15) is 0 Å². The summed E-state index contributed by atoms with van der Waals surface area (Å²) in [6.45, 7) is 9.98. The summed E-state index contributed by atoms with van der Waals surface area (Å²) in [5, 5.41) is 10.0. The molecule has 0 unspecified atom stereocenters. The molecule has 1 aliphatic carbocycles. The number of hydrogen-bond donors (Lipinski definition) is 2. The summed E-state index contributed by atoms with van der Waals surface area (Å²) >= 11 is 0. The lowest BCUT2D eigenvalue weighted by Crippen LogP contribution is -2.49. The molecule has 8 nitrogen and oxygen atoms in total. The van der Waals surface area contributed by atoms with E-state index in [4.69, 9.17) is 19.6 Å². The van der Waals surface area contributed by atoms with Crippen molar-refractivity contribution in [3.8, 4) is 0 Å². The van der Waals surface area contributed by atoms with E-state index in [9.17, 15) is 4.79 Å². The second-order valence-electron chi connectivity index (χ2n) is 9.72. The third-order valence-electron chi connectivity index (χ3n) is 6.91. The number of benzene rings is 1. The number of amides is 1. The number of aromatic nitrogens is 2. The van der Waals surface area contributed by atoms with Crippen molar-refractivity contribution in [3.05, 3.63) is 30.1 Å². The number of fused-ring (bicyclic) bond motifs is 2. The number of nitrogens with one attached hydrogen (secondary N) is 1. The van der Waals surface area contributed by atoms with Crippen LogP contribution in [0.15, 0.2) is 24.3 Å². The Balaban J connectivity index is 0.000000968. The van der Waals surface area contributed by atoms with Gasteiger partial charge in [-0.25, -0.2) is 4.98 Å². The predicted molar refractivity (Wildman–Crippen MR) is 128 cm³/mol. The Morgan fingerprint density at radius 1 is 1.27 bits per heavy atom. The van der Waals surface area contributed by atoms with Gasteiger partial charge in [0, 0.05) is 33.7 Å². The highest BCUT2D eigenvalue weighted by Gasteiger charge is 2.42. The normalized spacial score (nSPS) is 24.9. The third kappa shape index (κ3) is 6.32. The highest BCUT2D eigenvalue weighted by molar-refractivity contribution is 5.76. The molecular weight excluding hydrogens is 420 g/mol. The van der Waals surface area contributed by atoms with Crippen molar-refractivity contribution in [1.82, 2.24) is 19.8 Å². The van der Waals surface area contributed by atoms with E-state index in [2.05, 4.69) is 52.9 Å². The quantitative estimate of drug-likeness (QED) is 0.619. The second kappa shape index (κ2) is 11.6. The number of ether oxygens (including phenoxy) is 1. The molecule has 2 fully saturated rings. The van der Waals surface area contributed by atoms with E-state index in [1.807, 2.05) is 0 Å². The van der Waals surface area contributed by atoms with Crippen LogP contribution in [0.1, 0.15) is 45.9 Å². The van der Waals surface area contributed by atoms with Crippen molar-refractivity contribution in [1.29, 1.82) is 0 Å². The molecule has 1 saturated carbocycles. The molecule has 2 aromatic rings. The van der Waals surface area contributed by atoms with Crippen LogP contribution in [-0.4, -0.2) is 64.3 Å². The van der Waals surface area contributed by atoms with Crippen molar-refractivity contribution in [2.75, 3.05) is 20.2 Å². The van der Waals surface area contributed by atoms with Crippen LogP contribution in [0.3, 0.4) is 0 Å². The number of carboxylic acid groups (broad SMARTS) is 1. The monoisotopic (exact) mass is 458 g/mol. The summed E-state index contributed by atoms with van der Waals surface area (Å²) in [7, 11) is 1.77. The molecular formula is C25H38N4O4. The van der Waals surface area contributed by atoms with Crippen LogP contribution in [0, 0.1) is 17.8 Å². The first-order valence-corrected chi connectivity index (χ1v) is 11.9. The first kappa shape index (κ1) is 25.2. The number of rotatable bonds is 7. The highest BCUT2D eigenvalue weighted by Crippen LogP contribution is 2.38. The number of carbonyl (C=O) groups is 2. The molecule has 4 rings (SSSR count). The van der Waals surface area contributed by atoms with Gasteiger partial charge in [-0.15, -0.1) is 0 Å². The largest absolute Gasteiger partial charge is 0.483 e. The van der Waals surface area contributed by atoms with E-state index in [0.29, 0.717) is 17.8 Å². The van der Waals surface area contributed by atoms with Crippen molar-refractivity contribution in [2.45, 2.75) is 65.3 Å². The lowest BCUT2D eigenvalue weighted by atomic mass is 9.77. The minimum Gasteiger partial charge on any atom is -0.483 e. The van der Waals surface area contributed by atoms with Gasteiger partial charge in [-0.3, -0.25) is 14.5 Å². The molecule has 4 atom stereocenters. The number of likely N-dealkylation sites (tertiary alicyclic amines) is 1. The van der Waals surface area contributed by atoms with Crippen molar-refractivity contribution < 1.29 is 19.4 Å². The van der Waals surface area contributed by atoms with E-state index in [1.54, 1.807) is 14.0 Å². The van der Waals surface area contributed by atoms with Gasteiger partial charge in [-0.1, -0.05) is 26.0 Å². The zero-order valence-corrected chi connectivity index (χ0v) is 20.2. The smallest absolute Gasteiger partial charge is 0.290 e. The van der Waals surface area contributed by atoms with Gasteiger partial charge in [0.25, 0.3) is 6.47 Å². The molecule has 1 aliphatic heterocycles. The van der Waals surface area contributed by atoms with Gasteiger partial charge in [0.15, 0.2) is 0 Å². The van der Waals surface area contributed by atoms with E-state index in [1.165, 1.54) is 11.3 Å². The number of methoxy groups -OCH3 is 1. The topological polar surface area (TPSA) is 96.7 Å². The molecule has 2 aliphatic rings. The molecule has 1 saturated heterocycles. The lowest BCUT2D eigenvalue weighted by molar-refractivity contribution is -0.123. The molecule has 1 amide bonds. The van der Waals surface area contributed by atoms with Gasteiger partial charge >= 0.3 is 0 Å². The number of imidazole rings is 1. The maximum atomic E-state index is 11.6. The summed E-state index contributed by atoms with van der Waals surface area (Å²) < 4.78 is 8.16.